The van der Waals surface area contributed by atoms with Crippen molar-refractivity contribution in [1.29, 1.82) is 0 Å². The summed E-state index contributed by atoms with van der Waals surface area (Å²) in [5, 5.41) is 6.10. The third-order valence-electron chi connectivity index (χ3n) is 3.29. The zero-order valence-electron chi connectivity index (χ0n) is 14.9. The van der Waals surface area contributed by atoms with Gasteiger partial charge in [0, 0.05) is 18.2 Å². The van der Waals surface area contributed by atoms with Gasteiger partial charge in [0.1, 0.15) is 5.82 Å². The molecule has 0 saturated carbocycles. The second-order valence-corrected chi connectivity index (χ2v) is 7.24. The van der Waals surface area contributed by atoms with E-state index in [4.69, 9.17) is 4.74 Å². The highest BCUT2D eigenvalue weighted by Gasteiger charge is 2.11. The van der Waals surface area contributed by atoms with E-state index in [2.05, 4.69) is 33.9 Å². The fraction of sp³-hybridized carbons (Fsp3) is 0.389. The van der Waals surface area contributed by atoms with Gasteiger partial charge < -0.3 is 10.1 Å². The first-order valence-corrected chi connectivity index (χ1v) is 10.1. The highest BCUT2D eigenvalue weighted by molar-refractivity contribution is 8.08. The molecule has 0 bridgehead atoms. The van der Waals surface area contributed by atoms with Crippen molar-refractivity contribution in [3.05, 3.63) is 40.7 Å². The molecule has 0 aromatic carbocycles. The van der Waals surface area contributed by atoms with E-state index in [0.29, 0.717) is 13.2 Å². The van der Waals surface area contributed by atoms with Crippen LogP contribution < -0.4 is 5.32 Å². The predicted molar refractivity (Wildman–Crippen MR) is 110 cm³/mol. The van der Waals surface area contributed by atoms with Crippen molar-refractivity contribution >= 4 is 45.7 Å². The first-order valence-electron chi connectivity index (χ1n) is 8.23. The van der Waals surface area contributed by atoms with Crippen LogP contribution in [0.2, 0.25) is 0 Å². The van der Waals surface area contributed by atoms with Gasteiger partial charge in [0.05, 0.1) is 22.9 Å². The van der Waals surface area contributed by atoms with Gasteiger partial charge in [0.25, 0.3) is 0 Å². The Bertz CT molecular complexity index is 710. The Hall–Kier alpha value is -1.70. The number of nitrogens with zero attached hydrogens (tertiary/aromatic N) is 3. The van der Waals surface area contributed by atoms with E-state index in [9.17, 15) is 0 Å². The third-order valence-corrected chi connectivity index (χ3v) is 5.45. The van der Waals surface area contributed by atoms with Crippen LogP contribution in [0.1, 0.15) is 38.4 Å². The molecule has 0 atom stereocenters. The average molecular weight is 377 g/mol. The molecule has 2 rings (SSSR count). The summed E-state index contributed by atoms with van der Waals surface area (Å²) in [6.45, 7) is 11.0. The van der Waals surface area contributed by atoms with E-state index < -0.39 is 0 Å². The van der Waals surface area contributed by atoms with Gasteiger partial charge >= 0.3 is 0 Å². The monoisotopic (exact) mass is 376 g/mol. The van der Waals surface area contributed by atoms with Crippen molar-refractivity contribution in [3.63, 3.8) is 0 Å². The molecule has 2 aromatic heterocycles. The van der Waals surface area contributed by atoms with Crippen molar-refractivity contribution in [2.75, 3.05) is 17.7 Å². The molecule has 0 radical (unpaired) electrons. The molecule has 25 heavy (non-hydrogen) atoms. The minimum Gasteiger partial charge on any atom is -0.377 e. The number of pyridine rings is 1. The summed E-state index contributed by atoms with van der Waals surface area (Å²) in [6, 6.07) is 3.95. The molecular weight excluding hydrogens is 352 g/mol. The molecule has 5 nitrogen and oxygen atoms in total. The number of aliphatic imine (C=N–C) groups is 1. The van der Waals surface area contributed by atoms with Gasteiger partial charge in [-0.2, -0.15) is 0 Å². The fourth-order valence-corrected chi connectivity index (χ4v) is 3.71. The zero-order valence-corrected chi connectivity index (χ0v) is 16.5. The van der Waals surface area contributed by atoms with Gasteiger partial charge in [-0.1, -0.05) is 13.0 Å². The van der Waals surface area contributed by atoms with E-state index in [0.717, 1.165) is 45.0 Å². The lowest BCUT2D eigenvalue weighted by atomic mass is 10.3. The molecule has 0 unspecified atom stereocenters. The number of ether oxygens (including phenoxy) is 1. The summed E-state index contributed by atoms with van der Waals surface area (Å²) in [6.07, 6.45) is 2.92. The summed E-state index contributed by atoms with van der Waals surface area (Å²) in [5.74, 6) is 1.80. The standard InChI is InChI=1S/C18H24N4OS2/c1-5-9-24-17(13(3)19-4)15-12-25-18(21-15)22-16-8-7-14(10-20-16)11-23-6-2/h7-8,10,12H,4-6,9,11H2,1-3H3,(H,20,21,22)/b17-13-. The first kappa shape index (κ1) is 19.6. The van der Waals surface area contributed by atoms with Gasteiger partial charge in [-0.15, -0.1) is 23.1 Å². The van der Waals surface area contributed by atoms with Gasteiger partial charge in [0.2, 0.25) is 0 Å². The van der Waals surface area contributed by atoms with Crippen LogP contribution in [0.5, 0.6) is 0 Å². The van der Waals surface area contributed by atoms with Crippen LogP contribution in [-0.4, -0.2) is 29.0 Å². The lowest BCUT2D eigenvalue weighted by Gasteiger charge is -2.06. The maximum Gasteiger partial charge on any atom is 0.188 e. The van der Waals surface area contributed by atoms with Gasteiger partial charge in [-0.05, 0) is 44.4 Å². The van der Waals surface area contributed by atoms with Crippen LogP contribution in [0, 0.1) is 0 Å². The number of thiazole rings is 1. The molecule has 0 aliphatic carbocycles. The molecule has 0 fully saturated rings. The van der Waals surface area contributed by atoms with E-state index in [1.165, 1.54) is 0 Å². The summed E-state index contributed by atoms with van der Waals surface area (Å²) in [7, 11) is 0. The first-order chi connectivity index (χ1) is 12.2. The van der Waals surface area contributed by atoms with Crippen molar-refractivity contribution in [1.82, 2.24) is 9.97 Å². The Morgan fingerprint density at radius 3 is 2.88 bits per heavy atom. The van der Waals surface area contributed by atoms with Crippen molar-refractivity contribution < 1.29 is 4.74 Å². The van der Waals surface area contributed by atoms with Crippen molar-refractivity contribution in [3.8, 4) is 0 Å². The van der Waals surface area contributed by atoms with Crippen LogP contribution in [0.15, 0.2) is 34.4 Å². The number of aromatic nitrogens is 2. The molecular formula is C18H24N4OS2. The molecule has 134 valence electrons. The summed E-state index contributed by atoms with van der Waals surface area (Å²) in [4.78, 5) is 14.2. The van der Waals surface area contributed by atoms with Gasteiger partial charge in [0.15, 0.2) is 5.13 Å². The Morgan fingerprint density at radius 2 is 2.24 bits per heavy atom. The van der Waals surface area contributed by atoms with Gasteiger partial charge in [-0.3, -0.25) is 4.99 Å². The summed E-state index contributed by atoms with van der Waals surface area (Å²) in [5.41, 5.74) is 2.90. The third kappa shape index (κ3) is 5.95. The Kier molecular flexibility index (Phi) is 8.11. The zero-order chi connectivity index (χ0) is 18.1. The Labute approximate surface area is 157 Å². The van der Waals surface area contributed by atoms with Crippen LogP contribution in [-0.2, 0) is 11.3 Å². The van der Waals surface area contributed by atoms with Crippen LogP contribution in [0.3, 0.4) is 0 Å². The molecule has 0 spiro atoms. The number of rotatable bonds is 10. The lowest BCUT2D eigenvalue weighted by Crippen LogP contribution is -1.96. The van der Waals surface area contributed by atoms with E-state index >= 15 is 0 Å². The summed E-state index contributed by atoms with van der Waals surface area (Å²) < 4.78 is 5.38. The Morgan fingerprint density at radius 1 is 1.40 bits per heavy atom. The highest BCUT2D eigenvalue weighted by atomic mass is 32.2. The van der Waals surface area contributed by atoms with Crippen LogP contribution >= 0.6 is 23.1 Å². The Balaban J connectivity index is 2.08. The minimum atomic E-state index is 0.585. The molecule has 7 heteroatoms. The molecule has 0 aliphatic heterocycles. The minimum absolute atomic E-state index is 0.585. The molecule has 1 N–H and O–H groups in total. The largest absolute Gasteiger partial charge is 0.377 e. The number of anilines is 2. The second-order valence-electron chi connectivity index (χ2n) is 5.27. The van der Waals surface area contributed by atoms with Crippen LogP contribution in [0.25, 0.3) is 4.91 Å². The lowest BCUT2D eigenvalue weighted by molar-refractivity contribution is 0.134. The average Bonchev–Trinajstić information content (AvgIpc) is 3.09. The van der Waals surface area contributed by atoms with Crippen molar-refractivity contribution in [2.45, 2.75) is 33.8 Å². The number of allylic oxidation sites excluding steroid dienone is 1. The van der Waals surface area contributed by atoms with E-state index in [-0.39, 0.29) is 0 Å². The number of nitrogens with one attached hydrogen (secondary N) is 1. The van der Waals surface area contributed by atoms with Crippen molar-refractivity contribution in [2.24, 2.45) is 4.99 Å². The van der Waals surface area contributed by atoms with Crippen LogP contribution in [0.4, 0.5) is 10.9 Å². The maximum atomic E-state index is 5.38. The summed E-state index contributed by atoms with van der Waals surface area (Å²) >= 11 is 3.32. The number of thioether (sulfide) groups is 1. The smallest absolute Gasteiger partial charge is 0.188 e. The topological polar surface area (TPSA) is 59.4 Å². The molecule has 0 aliphatic rings. The van der Waals surface area contributed by atoms with E-state index in [1.54, 1.807) is 23.1 Å². The normalized spacial score (nSPS) is 12.0. The van der Waals surface area contributed by atoms with Gasteiger partial charge in [-0.25, -0.2) is 9.97 Å². The molecule has 2 aromatic rings. The maximum absolute atomic E-state index is 5.38. The fourth-order valence-electron chi connectivity index (χ4n) is 1.99. The predicted octanol–water partition coefficient (Wildman–Crippen LogP) is 5.35. The second kappa shape index (κ2) is 10.3. The highest BCUT2D eigenvalue weighted by Crippen LogP contribution is 2.34. The number of hydrogen-bond acceptors (Lipinski definition) is 7. The quantitative estimate of drug-likeness (QED) is 0.566. The molecule has 0 amide bonds. The molecule has 2 heterocycles. The van der Waals surface area contributed by atoms with E-state index in [1.807, 2.05) is 37.6 Å². The number of hydrogen-bond donors (Lipinski definition) is 1. The molecule has 0 saturated heterocycles. The SMILES string of the molecule is C=N/C(C)=C(\SCCC)c1csc(Nc2ccc(COCC)cn2)n1.